The molecule has 0 bridgehead atoms. The quantitative estimate of drug-likeness (QED) is 0.847. The average molecular weight is 368 g/mol. The van der Waals surface area contributed by atoms with E-state index in [0.717, 1.165) is 12.0 Å². The maximum Gasteiger partial charge on any atom is 0.306 e. The van der Waals surface area contributed by atoms with Crippen LogP contribution in [0.2, 0.25) is 0 Å². The van der Waals surface area contributed by atoms with Crippen molar-refractivity contribution in [3.8, 4) is 0 Å². The number of rotatable bonds is 5. The summed E-state index contributed by atoms with van der Waals surface area (Å²) in [6, 6.07) is 10.4. The molecule has 0 radical (unpaired) electrons. The van der Waals surface area contributed by atoms with Crippen molar-refractivity contribution in [1.82, 2.24) is 5.32 Å². The minimum atomic E-state index is -0.785. The fourth-order valence-corrected chi connectivity index (χ4v) is 4.30. The lowest BCUT2D eigenvalue weighted by molar-refractivity contribution is -0.141. The van der Waals surface area contributed by atoms with Crippen LogP contribution in [0, 0.1) is 5.92 Å². The molecule has 1 fully saturated rings. The number of carbonyl (C=O) groups excluding carboxylic acids is 1. The van der Waals surface area contributed by atoms with E-state index in [-0.39, 0.29) is 17.9 Å². The van der Waals surface area contributed by atoms with Gasteiger partial charge in [0.1, 0.15) is 0 Å². The third-order valence-corrected chi connectivity index (χ3v) is 5.76. The van der Waals surface area contributed by atoms with E-state index in [1.165, 1.54) is 11.3 Å². The number of anilines is 1. The van der Waals surface area contributed by atoms with Gasteiger partial charge in [0.05, 0.1) is 12.2 Å². The van der Waals surface area contributed by atoms with E-state index < -0.39 is 5.97 Å². The molecule has 2 aliphatic rings. The highest BCUT2D eigenvalue weighted by Gasteiger charge is 2.32. The van der Waals surface area contributed by atoms with Crippen LogP contribution in [-0.2, 0) is 17.8 Å². The molecule has 1 amide bonds. The molecular formula is C21H24N2O4. The van der Waals surface area contributed by atoms with Gasteiger partial charge in [0.15, 0.2) is 5.76 Å². The molecule has 2 aromatic rings. The fraction of sp³-hybridized carbons (Fsp3) is 0.429. The zero-order chi connectivity index (χ0) is 19.0. The van der Waals surface area contributed by atoms with Gasteiger partial charge in [0.2, 0.25) is 0 Å². The summed E-state index contributed by atoms with van der Waals surface area (Å²) in [5.41, 5.74) is 3.38. The molecule has 1 aromatic heterocycles. The maximum atomic E-state index is 12.7. The molecule has 3 atom stereocenters. The molecule has 2 heterocycles. The summed E-state index contributed by atoms with van der Waals surface area (Å²) < 4.78 is 5.49. The Bertz CT molecular complexity index is 859. The van der Waals surface area contributed by atoms with E-state index in [1.807, 2.05) is 12.1 Å². The van der Waals surface area contributed by atoms with E-state index >= 15 is 0 Å². The first-order chi connectivity index (χ1) is 13.0. The van der Waals surface area contributed by atoms with Crippen LogP contribution in [0.15, 0.2) is 41.0 Å². The van der Waals surface area contributed by atoms with Crippen molar-refractivity contribution < 1.29 is 19.1 Å². The van der Waals surface area contributed by atoms with Crippen LogP contribution in [0.3, 0.4) is 0 Å². The molecule has 1 saturated carbocycles. The Morgan fingerprint density at radius 2 is 2.07 bits per heavy atom. The number of nitrogens with zero attached hydrogens (tertiary/aromatic N) is 1. The molecule has 142 valence electrons. The number of fused-ring (bicyclic) bond motifs is 1. The number of carbonyl (C=O) groups is 2. The van der Waals surface area contributed by atoms with E-state index in [2.05, 4.69) is 35.3 Å². The highest BCUT2D eigenvalue weighted by Crippen LogP contribution is 2.33. The lowest BCUT2D eigenvalue weighted by atomic mass is 10.1. The molecule has 1 unspecified atom stereocenters. The number of hydrogen-bond acceptors (Lipinski definition) is 4. The third-order valence-electron chi connectivity index (χ3n) is 5.76. The Morgan fingerprint density at radius 3 is 2.85 bits per heavy atom. The predicted octanol–water partition coefficient (Wildman–Crippen LogP) is 3.21. The van der Waals surface area contributed by atoms with Crippen molar-refractivity contribution in [2.45, 2.75) is 51.2 Å². The Kier molecular flexibility index (Phi) is 4.64. The fourth-order valence-electron chi connectivity index (χ4n) is 4.30. The third kappa shape index (κ3) is 3.44. The second-order valence-electron chi connectivity index (χ2n) is 7.60. The predicted molar refractivity (Wildman–Crippen MR) is 101 cm³/mol. The largest absolute Gasteiger partial charge is 0.481 e. The second-order valence-corrected chi connectivity index (χ2v) is 7.60. The van der Waals surface area contributed by atoms with Gasteiger partial charge in [0, 0.05) is 29.9 Å². The zero-order valence-corrected chi connectivity index (χ0v) is 15.4. The maximum absolute atomic E-state index is 12.7. The molecular weight excluding hydrogens is 344 g/mol. The summed E-state index contributed by atoms with van der Waals surface area (Å²) in [5.74, 6) is -1.09. The van der Waals surface area contributed by atoms with Gasteiger partial charge in [-0.05, 0) is 50.3 Å². The topological polar surface area (TPSA) is 82.8 Å². The number of carboxylic acid groups (broad SMARTS) is 1. The molecule has 1 aliphatic carbocycles. The van der Waals surface area contributed by atoms with Crippen LogP contribution in [0.5, 0.6) is 0 Å². The zero-order valence-electron chi connectivity index (χ0n) is 15.4. The number of benzene rings is 1. The van der Waals surface area contributed by atoms with Gasteiger partial charge < -0.3 is 19.7 Å². The van der Waals surface area contributed by atoms with Gasteiger partial charge in [-0.25, -0.2) is 0 Å². The minimum absolute atomic E-state index is 0.108. The number of hydrogen-bond donors (Lipinski definition) is 2. The van der Waals surface area contributed by atoms with Gasteiger partial charge in [-0.1, -0.05) is 18.2 Å². The lowest BCUT2D eigenvalue weighted by Gasteiger charge is -2.24. The Labute approximate surface area is 158 Å². The van der Waals surface area contributed by atoms with Gasteiger partial charge in [-0.3, -0.25) is 9.59 Å². The van der Waals surface area contributed by atoms with Gasteiger partial charge >= 0.3 is 5.97 Å². The SMILES string of the molecule is CC1Cc2ccccc2N1Cc1ccoc1C(=O)N[C@H]1CC[C@@H](C(=O)O)C1. The molecule has 27 heavy (non-hydrogen) atoms. The van der Waals surface area contributed by atoms with Crippen molar-refractivity contribution >= 4 is 17.6 Å². The normalized spacial score (nSPS) is 24.0. The molecule has 0 saturated heterocycles. The number of furan rings is 1. The Balaban J connectivity index is 1.46. The Hall–Kier alpha value is -2.76. The summed E-state index contributed by atoms with van der Waals surface area (Å²) >= 11 is 0. The minimum Gasteiger partial charge on any atom is -0.481 e. The van der Waals surface area contributed by atoms with Crippen molar-refractivity contribution in [2.24, 2.45) is 5.92 Å². The molecule has 6 heteroatoms. The molecule has 0 spiro atoms. The van der Waals surface area contributed by atoms with E-state index in [0.29, 0.717) is 37.6 Å². The van der Waals surface area contributed by atoms with Crippen LogP contribution in [0.4, 0.5) is 5.69 Å². The summed E-state index contributed by atoms with van der Waals surface area (Å²) in [6.45, 7) is 2.80. The molecule has 4 rings (SSSR count). The van der Waals surface area contributed by atoms with Crippen molar-refractivity contribution in [3.05, 3.63) is 53.5 Å². The first kappa shape index (κ1) is 17.6. The highest BCUT2D eigenvalue weighted by atomic mass is 16.4. The molecule has 2 N–H and O–H groups in total. The number of para-hydroxylation sites is 1. The van der Waals surface area contributed by atoms with Crippen LogP contribution >= 0.6 is 0 Å². The van der Waals surface area contributed by atoms with Crippen molar-refractivity contribution in [1.29, 1.82) is 0 Å². The number of carboxylic acids is 1. The van der Waals surface area contributed by atoms with Crippen LogP contribution < -0.4 is 10.2 Å². The van der Waals surface area contributed by atoms with Gasteiger partial charge in [-0.2, -0.15) is 0 Å². The van der Waals surface area contributed by atoms with Gasteiger partial charge in [-0.15, -0.1) is 0 Å². The summed E-state index contributed by atoms with van der Waals surface area (Å²) in [7, 11) is 0. The first-order valence-electron chi connectivity index (χ1n) is 9.47. The van der Waals surface area contributed by atoms with E-state index in [1.54, 1.807) is 6.26 Å². The molecule has 1 aromatic carbocycles. The second kappa shape index (κ2) is 7.10. The monoisotopic (exact) mass is 368 g/mol. The van der Waals surface area contributed by atoms with Crippen LogP contribution in [0.25, 0.3) is 0 Å². The first-order valence-corrected chi connectivity index (χ1v) is 9.47. The number of nitrogens with one attached hydrogen (secondary N) is 1. The lowest BCUT2D eigenvalue weighted by Crippen LogP contribution is -2.34. The van der Waals surface area contributed by atoms with Crippen LogP contribution in [-0.4, -0.2) is 29.1 Å². The Morgan fingerprint density at radius 1 is 1.26 bits per heavy atom. The van der Waals surface area contributed by atoms with Crippen LogP contribution in [0.1, 0.15) is 47.9 Å². The standard InChI is InChI=1S/C21H24N2O4/c1-13-10-14-4-2-3-5-18(14)23(13)12-16-8-9-27-19(16)20(24)22-17-7-6-15(11-17)21(25)26/h2-5,8-9,13,15,17H,6-7,10-12H2,1H3,(H,22,24)(H,25,26)/t13?,15-,17+/m1/s1. The van der Waals surface area contributed by atoms with Crippen molar-refractivity contribution in [3.63, 3.8) is 0 Å². The summed E-state index contributed by atoms with van der Waals surface area (Å²) in [5, 5.41) is 12.1. The summed E-state index contributed by atoms with van der Waals surface area (Å²) in [4.78, 5) is 26.1. The molecule has 1 aliphatic heterocycles. The molecule has 6 nitrogen and oxygen atoms in total. The van der Waals surface area contributed by atoms with E-state index in [4.69, 9.17) is 9.52 Å². The number of aliphatic carboxylic acids is 1. The summed E-state index contributed by atoms with van der Waals surface area (Å²) in [6.07, 6.45) is 4.32. The smallest absolute Gasteiger partial charge is 0.306 e. The number of amides is 1. The van der Waals surface area contributed by atoms with E-state index in [9.17, 15) is 9.59 Å². The average Bonchev–Trinajstić information content (AvgIpc) is 3.35. The van der Waals surface area contributed by atoms with Crippen molar-refractivity contribution in [2.75, 3.05) is 4.90 Å². The highest BCUT2D eigenvalue weighted by molar-refractivity contribution is 5.93. The van der Waals surface area contributed by atoms with Gasteiger partial charge in [0.25, 0.3) is 5.91 Å².